The van der Waals surface area contributed by atoms with Crippen molar-refractivity contribution in [2.45, 2.75) is 46.4 Å². The fraction of sp³-hybridized carbons (Fsp3) is 0.600. The molecular weight excluding hydrogens is 226 g/mol. The van der Waals surface area contributed by atoms with Gasteiger partial charge in [0.05, 0.1) is 12.7 Å². The van der Waals surface area contributed by atoms with Crippen LogP contribution in [0.4, 0.5) is 0 Å². The third kappa shape index (κ3) is 5.52. The minimum atomic E-state index is 0.201. The maximum absolute atomic E-state index is 5.79. The summed E-state index contributed by atoms with van der Waals surface area (Å²) in [7, 11) is 0. The van der Waals surface area contributed by atoms with Crippen molar-refractivity contribution in [1.29, 1.82) is 0 Å². The maximum Gasteiger partial charge on any atom is 0.124 e. The molecule has 1 aromatic rings. The molecule has 1 rings (SSSR count). The molecule has 0 heterocycles. The van der Waals surface area contributed by atoms with Gasteiger partial charge in [-0.1, -0.05) is 18.2 Å². The zero-order valence-corrected chi connectivity index (χ0v) is 11.9. The molecule has 0 aromatic heterocycles. The summed E-state index contributed by atoms with van der Waals surface area (Å²) in [6.07, 6.45) is 0.201. The fourth-order valence-electron chi connectivity index (χ4n) is 1.66. The summed E-state index contributed by atoms with van der Waals surface area (Å²) in [5, 5.41) is 3.44. The first-order chi connectivity index (χ1) is 8.63. The van der Waals surface area contributed by atoms with Crippen LogP contribution in [-0.4, -0.2) is 25.4 Å². The standard InChI is InChI=1S/C15H25NO2/c1-5-17-11-13(4)16-10-14-8-6-7-9-15(14)18-12(2)3/h6-9,12-13,16H,5,10-11H2,1-4H3. The summed E-state index contributed by atoms with van der Waals surface area (Å²) >= 11 is 0. The molecule has 0 amide bonds. The van der Waals surface area contributed by atoms with Gasteiger partial charge in [0.15, 0.2) is 0 Å². The van der Waals surface area contributed by atoms with Crippen LogP contribution in [0.25, 0.3) is 0 Å². The lowest BCUT2D eigenvalue weighted by Crippen LogP contribution is -2.30. The third-order valence-corrected chi connectivity index (χ3v) is 2.55. The molecule has 1 unspecified atom stereocenters. The molecule has 1 aromatic carbocycles. The SMILES string of the molecule is CCOCC(C)NCc1ccccc1OC(C)C. The number of hydrogen-bond acceptors (Lipinski definition) is 3. The second-order valence-electron chi connectivity index (χ2n) is 4.72. The van der Waals surface area contributed by atoms with Gasteiger partial charge in [0, 0.05) is 24.8 Å². The van der Waals surface area contributed by atoms with Crippen LogP contribution in [-0.2, 0) is 11.3 Å². The Labute approximate surface area is 110 Å². The second kappa shape index (κ2) is 8.11. The number of rotatable bonds is 8. The molecule has 3 nitrogen and oxygen atoms in total. The topological polar surface area (TPSA) is 30.5 Å². The Morgan fingerprint density at radius 1 is 1.17 bits per heavy atom. The molecule has 0 bridgehead atoms. The molecule has 0 aliphatic carbocycles. The van der Waals surface area contributed by atoms with Gasteiger partial charge in [-0.25, -0.2) is 0 Å². The Kier molecular flexibility index (Phi) is 6.76. The Morgan fingerprint density at radius 3 is 2.56 bits per heavy atom. The van der Waals surface area contributed by atoms with Crippen LogP contribution in [0.1, 0.15) is 33.3 Å². The summed E-state index contributed by atoms with van der Waals surface area (Å²) in [5.41, 5.74) is 1.19. The van der Waals surface area contributed by atoms with Crippen molar-refractivity contribution in [2.75, 3.05) is 13.2 Å². The number of nitrogens with one attached hydrogen (secondary N) is 1. The minimum absolute atomic E-state index is 0.201. The average Bonchev–Trinajstić information content (AvgIpc) is 2.34. The molecule has 0 aliphatic heterocycles. The molecule has 0 spiro atoms. The maximum atomic E-state index is 5.79. The Balaban J connectivity index is 2.50. The Hall–Kier alpha value is -1.06. The quantitative estimate of drug-likeness (QED) is 0.770. The summed E-state index contributed by atoms with van der Waals surface area (Å²) in [4.78, 5) is 0. The van der Waals surface area contributed by atoms with Gasteiger partial charge in [0.25, 0.3) is 0 Å². The molecule has 0 saturated carbocycles. The van der Waals surface area contributed by atoms with E-state index in [1.807, 2.05) is 39.0 Å². The van der Waals surface area contributed by atoms with E-state index in [0.29, 0.717) is 6.04 Å². The number of ether oxygens (including phenoxy) is 2. The largest absolute Gasteiger partial charge is 0.491 e. The highest BCUT2D eigenvalue weighted by molar-refractivity contribution is 5.33. The molecule has 3 heteroatoms. The highest BCUT2D eigenvalue weighted by Gasteiger charge is 2.06. The van der Waals surface area contributed by atoms with Crippen molar-refractivity contribution >= 4 is 0 Å². The van der Waals surface area contributed by atoms with Crippen LogP contribution in [0.5, 0.6) is 5.75 Å². The fourth-order valence-corrected chi connectivity index (χ4v) is 1.66. The molecule has 0 aliphatic rings. The van der Waals surface area contributed by atoms with E-state index in [1.165, 1.54) is 5.56 Å². The van der Waals surface area contributed by atoms with Crippen LogP contribution < -0.4 is 10.1 Å². The molecule has 0 fully saturated rings. The van der Waals surface area contributed by atoms with Gasteiger partial charge in [0.1, 0.15) is 5.75 Å². The van der Waals surface area contributed by atoms with Crippen LogP contribution in [0.2, 0.25) is 0 Å². The van der Waals surface area contributed by atoms with Gasteiger partial charge in [-0.05, 0) is 33.8 Å². The lowest BCUT2D eigenvalue weighted by molar-refractivity contribution is 0.127. The van der Waals surface area contributed by atoms with E-state index in [2.05, 4.69) is 18.3 Å². The van der Waals surface area contributed by atoms with Crippen molar-refractivity contribution in [3.05, 3.63) is 29.8 Å². The molecular formula is C15H25NO2. The number of para-hydroxylation sites is 1. The Bertz CT molecular complexity index is 339. The van der Waals surface area contributed by atoms with Gasteiger partial charge in [-0.15, -0.1) is 0 Å². The first kappa shape index (κ1) is 15.0. The molecule has 0 radical (unpaired) electrons. The van der Waals surface area contributed by atoms with Gasteiger partial charge in [-0.3, -0.25) is 0 Å². The van der Waals surface area contributed by atoms with E-state index in [1.54, 1.807) is 0 Å². The summed E-state index contributed by atoms with van der Waals surface area (Å²) in [6.45, 7) is 10.5. The van der Waals surface area contributed by atoms with E-state index in [-0.39, 0.29) is 6.10 Å². The summed E-state index contributed by atoms with van der Waals surface area (Å²) < 4.78 is 11.2. The highest BCUT2D eigenvalue weighted by Crippen LogP contribution is 2.19. The van der Waals surface area contributed by atoms with Gasteiger partial charge in [0.2, 0.25) is 0 Å². The monoisotopic (exact) mass is 251 g/mol. The van der Waals surface area contributed by atoms with Crippen LogP contribution in [0.15, 0.2) is 24.3 Å². The summed E-state index contributed by atoms with van der Waals surface area (Å²) in [6, 6.07) is 8.50. The first-order valence-electron chi connectivity index (χ1n) is 6.69. The minimum Gasteiger partial charge on any atom is -0.491 e. The zero-order chi connectivity index (χ0) is 13.4. The van der Waals surface area contributed by atoms with E-state index >= 15 is 0 Å². The molecule has 1 N–H and O–H groups in total. The smallest absolute Gasteiger partial charge is 0.124 e. The lowest BCUT2D eigenvalue weighted by atomic mass is 10.2. The highest BCUT2D eigenvalue weighted by atomic mass is 16.5. The van der Waals surface area contributed by atoms with Crippen molar-refractivity contribution in [1.82, 2.24) is 5.32 Å². The predicted molar refractivity (Wildman–Crippen MR) is 75.0 cm³/mol. The normalized spacial score (nSPS) is 12.7. The van der Waals surface area contributed by atoms with Crippen LogP contribution >= 0.6 is 0 Å². The van der Waals surface area contributed by atoms with Gasteiger partial charge < -0.3 is 14.8 Å². The van der Waals surface area contributed by atoms with Crippen LogP contribution in [0, 0.1) is 0 Å². The average molecular weight is 251 g/mol. The first-order valence-corrected chi connectivity index (χ1v) is 6.69. The zero-order valence-electron chi connectivity index (χ0n) is 11.9. The lowest BCUT2D eigenvalue weighted by Gasteiger charge is -2.17. The van der Waals surface area contributed by atoms with Crippen molar-refractivity contribution < 1.29 is 9.47 Å². The molecule has 0 saturated heterocycles. The summed E-state index contributed by atoms with van der Waals surface area (Å²) in [5.74, 6) is 0.962. The number of hydrogen-bond donors (Lipinski definition) is 1. The van der Waals surface area contributed by atoms with Crippen molar-refractivity contribution in [3.8, 4) is 5.75 Å². The van der Waals surface area contributed by atoms with E-state index in [9.17, 15) is 0 Å². The van der Waals surface area contributed by atoms with Gasteiger partial charge >= 0.3 is 0 Å². The molecule has 102 valence electrons. The number of benzene rings is 1. The van der Waals surface area contributed by atoms with E-state index in [0.717, 1.165) is 25.5 Å². The van der Waals surface area contributed by atoms with Crippen LogP contribution in [0.3, 0.4) is 0 Å². The predicted octanol–water partition coefficient (Wildman–Crippen LogP) is 2.99. The second-order valence-corrected chi connectivity index (χ2v) is 4.72. The van der Waals surface area contributed by atoms with Gasteiger partial charge in [-0.2, -0.15) is 0 Å². The van der Waals surface area contributed by atoms with Crippen molar-refractivity contribution in [2.24, 2.45) is 0 Å². The van der Waals surface area contributed by atoms with E-state index in [4.69, 9.17) is 9.47 Å². The third-order valence-electron chi connectivity index (χ3n) is 2.55. The van der Waals surface area contributed by atoms with E-state index < -0.39 is 0 Å². The Morgan fingerprint density at radius 2 is 1.89 bits per heavy atom. The van der Waals surface area contributed by atoms with Crippen molar-refractivity contribution in [3.63, 3.8) is 0 Å². The molecule has 1 atom stereocenters. The molecule has 18 heavy (non-hydrogen) atoms.